The Morgan fingerprint density at radius 2 is 1.77 bits per heavy atom. The molecule has 39 heavy (non-hydrogen) atoms. The van der Waals surface area contributed by atoms with Crippen molar-refractivity contribution in [2.45, 2.75) is 0 Å². The molecular weight excluding hydrogens is 532 g/mol. The van der Waals surface area contributed by atoms with E-state index < -0.39 is 0 Å². The van der Waals surface area contributed by atoms with Crippen LogP contribution in [0.2, 0.25) is 4.34 Å². The van der Waals surface area contributed by atoms with E-state index in [1.807, 2.05) is 54.6 Å². The molecule has 0 aliphatic heterocycles. The zero-order valence-corrected chi connectivity index (χ0v) is 21.6. The number of halogens is 1. The number of benzene rings is 1. The Balaban J connectivity index is 1.25. The monoisotopic (exact) mass is 548 g/mol. The Morgan fingerprint density at radius 3 is 2.62 bits per heavy atom. The van der Waals surface area contributed by atoms with Gasteiger partial charge in [-0.3, -0.25) is 19.9 Å². The van der Waals surface area contributed by atoms with Crippen LogP contribution in [0.5, 0.6) is 0 Å². The van der Waals surface area contributed by atoms with E-state index in [2.05, 4.69) is 30.5 Å². The first-order chi connectivity index (χ1) is 19.1. The number of nitrogens with one attached hydrogen (secondary N) is 3. The SMILES string of the molecule is O=C(Nc1cncc(-c2ccc3[nH]nc(-c4nc5c(-c6ccc(Cl)s6)nccc5[nH]4)c3n2)c1)c1ccccc1. The van der Waals surface area contributed by atoms with Crippen molar-refractivity contribution in [3.8, 4) is 33.3 Å². The second kappa shape index (κ2) is 9.43. The number of pyridine rings is 3. The van der Waals surface area contributed by atoms with Gasteiger partial charge >= 0.3 is 0 Å². The summed E-state index contributed by atoms with van der Waals surface area (Å²) >= 11 is 7.61. The number of carbonyl (C=O) groups excluding carboxylic acids is 1. The molecule has 1 amide bonds. The Morgan fingerprint density at radius 1 is 0.897 bits per heavy atom. The fraction of sp³-hybridized carbons (Fsp3) is 0. The third kappa shape index (κ3) is 4.31. The molecule has 3 N–H and O–H groups in total. The number of hydrogen-bond acceptors (Lipinski definition) is 7. The standard InChI is InChI=1S/C28H17ClN8OS/c29-22-9-8-21(39-22)25-23-19(10-11-31-25)34-27(35-23)26-24-20(36-37-26)7-6-18(33-24)16-12-17(14-30-13-16)32-28(38)15-4-2-1-3-5-15/h1-14H,(H,32,38)(H,34,35)(H,36,37). The van der Waals surface area contributed by atoms with Gasteiger partial charge in [0.05, 0.1) is 37.8 Å². The lowest BCUT2D eigenvalue weighted by Crippen LogP contribution is -2.11. The molecule has 0 saturated heterocycles. The number of aromatic amines is 2. The molecule has 7 rings (SSSR count). The maximum absolute atomic E-state index is 12.6. The molecule has 0 bridgehead atoms. The predicted molar refractivity (Wildman–Crippen MR) is 153 cm³/mol. The van der Waals surface area contributed by atoms with Crippen LogP contribution in [0.3, 0.4) is 0 Å². The topological polar surface area (TPSA) is 125 Å². The van der Waals surface area contributed by atoms with Gasteiger partial charge in [0.15, 0.2) is 11.5 Å². The van der Waals surface area contributed by atoms with Gasteiger partial charge in [0.1, 0.15) is 16.7 Å². The molecule has 7 aromatic rings. The molecule has 0 saturated carbocycles. The maximum Gasteiger partial charge on any atom is 0.255 e. The molecule has 9 nitrogen and oxygen atoms in total. The van der Waals surface area contributed by atoms with Gasteiger partial charge < -0.3 is 10.3 Å². The number of thiophene rings is 1. The first kappa shape index (κ1) is 23.2. The number of aromatic nitrogens is 7. The van der Waals surface area contributed by atoms with Gasteiger partial charge in [-0.15, -0.1) is 11.3 Å². The molecular formula is C28H17ClN8OS. The molecule has 6 aromatic heterocycles. The lowest BCUT2D eigenvalue weighted by atomic mass is 10.1. The third-order valence-corrected chi connectivity index (χ3v) is 7.41. The smallest absolute Gasteiger partial charge is 0.255 e. The van der Waals surface area contributed by atoms with Crippen molar-refractivity contribution in [3.05, 3.63) is 95.2 Å². The summed E-state index contributed by atoms with van der Waals surface area (Å²) in [6.07, 6.45) is 5.05. The van der Waals surface area contributed by atoms with Crippen molar-refractivity contribution >= 4 is 56.6 Å². The van der Waals surface area contributed by atoms with Gasteiger partial charge in [-0.2, -0.15) is 5.10 Å². The largest absolute Gasteiger partial charge is 0.336 e. The summed E-state index contributed by atoms with van der Waals surface area (Å²) in [6.45, 7) is 0. The highest BCUT2D eigenvalue weighted by atomic mass is 35.5. The number of amides is 1. The fourth-order valence-electron chi connectivity index (χ4n) is 4.34. The van der Waals surface area contributed by atoms with E-state index in [-0.39, 0.29) is 5.91 Å². The molecule has 1 aromatic carbocycles. The first-order valence-corrected chi connectivity index (χ1v) is 13.1. The van der Waals surface area contributed by atoms with Crippen LogP contribution >= 0.6 is 22.9 Å². The van der Waals surface area contributed by atoms with Crippen LogP contribution in [-0.2, 0) is 0 Å². The molecule has 11 heteroatoms. The van der Waals surface area contributed by atoms with E-state index in [0.29, 0.717) is 38.3 Å². The molecule has 0 radical (unpaired) electrons. The van der Waals surface area contributed by atoms with Crippen LogP contribution in [0, 0.1) is 0 Å². The van der Waals surface area contributed by atoms with Gasteiger partial charge in [0.2, 0.25) is 0 Å². The quantitative estimate of drug-likeness (QED) is 0.223. The number of imidazole rings is 1. The molecule has 188 valence electrons. The van der Waals surface area contributed by atoms with Crippen LogP contribution in [-0.4, -0.2) is 41.0 Å². The highest BCUT2D eigenvalue weighted by Crippen LogP contribution is 2.35. The van der Waals surface area contributed by atoms with Crippen molar-refractivity contribution in [1.82, 2.24) is 35.1 Å². The van der Waals surface area contributed by atoms with Crippen LogP contribution in [0.25, 0.3) is 55.4 Å². The summed E-state index contributed by atoms with van der Waals surface area (Å²) in [5.41, 5.74) is 6.88. The molecule has 0 spiro atoms. The highest BCUT2D eigenvalue weighted by Gasteiger charge is 2.18. The predicted octanol–water partition coefficient (Wildman–Crippen LogP) is 6.59. The molecule has 0 unspecified atom stereocenters. The summed E-state index contributed by atoms with van der Waals surface area (Å²) in [7, 11) is 0. The molecule has 0 aliphatic carbocycles. The van der Waals surface area contributed by atoms with Crippen LogP contribution in [0.1, 0.15) is 10.4 Å². The number of anilines is 1. The van der Waals surface area contributed by atoms with Gasteiger partial charge in [-0.25, -0.2) is 9.97 Å². The maximum atomic E-state index is 12.6. The number of H-pyrrole nitrogens is 2. The average molecular weight is 549 g/mol. The average Bonchev–Trinajstić information content (AvgIpc) is 3.71. The number of carbonyl (C=O) groups is 1. The summed E-state index contributed by atoms with van der Waals surface area (Å²) in [4.78, 5) is 35.4. The van der Waals surface area contributed by atoms with E-state index in [1.165, 1.54) is 11.3 Å². The van der Waals surface area contributed by atoms with E-state index >= 15 is 0 Å². The van der Waals surface area contributed by atoms with Crippen molar-refractivity contribution in [1.29, 1.82) is 0 Å². The molecule has 0 atom stereocenters. The summed E-state index contributed by atoms with van der Waals surface area (Å²) in [6, 6.07) is 20.3. The Labute approximate surface area is 230 Å². The van der Waals surface area contributed by atoms with Gasteiger partial charge in [-0.05, 0) is 48.5 Å². The minimum Gasteiger partial charge on any atom is -0.336 e. The van der Waals surface area contributed by atoms with Crippen LogP contribution in [0.15, 0.2) is 85.3 Å². The minimum atomic E-state index is -0.210. The third-order valence-electron chi connectivity index (χ3n) is 6.17. The van der Waals surface area contributed by atoms with Gasteiger partial charge in [0.25, 0.3) is 5.91 Å². The lowest BCUT2D eigenvalue weighted by molar-refractivity contribution is 0.102. The summed E-state index contributed by atoms with van der Waals surface area (Å²) in [5.74, 6) is 0.360. The van der Waals surface area contributed by atoms with E-state index in [4.69, 9.17) is 21.6 Å². The minimum absolute atomic E-state index is 0.210. The Hall–Kier alpha value is -4.93. The van der Waals surface area contributed by atoms with Crippen LogP contribution in [0.4, 0.5) is 5.69 Å². The van der Waals surface area contributed by atoms with Gasteiger partial charge in [-0.1, -0.05) is 29.8 Å². The lowest BCUT2D eigenvalue weighted by Gasteiger charge is -2.07. The number of hydrogen-bond donors (Lipinski definition) is 3. The van der Waals surface area contributed by atoms with Crippen molar-refractivity contribution in [2.75, 3.05) is 5.32 Å². The van der Waals surface area contributed by atoms with Gasteiger partial charge in [0, 0.05) is 23.5 Å². The number of rotatable bonds is 5. The van der Waals surface area contributed by atoms with E-state index in [9.17, 15) is 4.79 Å². The zero-order chi connectivity index (χ0) is 26.3. The van der Waals surface area contributed by atoms with Crippen molar-refractivity contribution in [3.63, 3.8) is 0 Å². The van der Waals surface area contributed by atoms with Crippen LogP contribution < -0.4 is 5.32 Å². The molecule has 0 aliphatic rings. The Kier molecular flexibility index (Phi) is 5.61. The second-order valence-corrected chi connectivity index (χ2v) is 10.4. The first-order valence-electron chi connectivity index (χ1n) is 11.9. The molecule has 0 fully saturated rings. The summed E-state index contributed by atoms with van der Waals surface area (Å²) in [5, 5.41) is 10.4. The Bertz CT molecular complexity index is 2000. The van der Waals surface area contributed by atoms with Crippen molar-refractivity contribution in [2.24, 2.45) is 0 Å². The zero-order valence-electron chi connectivity index (χ0n) is 20.0. The second-order valence-electron chi connectivity index (χ2n) is 8.69. The number of nitrogens with zero attached hydrogens (tertiary/aromatic N) is 5. The summed E-state index contributed by atoms with van der Waals surface area (Å²) < 4.78 is 0.688. The fourth-order valence-corrected chi connectivity index (χ4v) is 5.38. The molecule has 6 heterocycles. The normalized spacial score (nSPS) is 11.3. The van der Waals surface area contributed by atoms with E-state index in [1.54, 1.807) is 30.7 Å². The van der Waals surface area contributed by atoms with E-state index in [0.717, 1.165) is 32.7 Å². The van der Waals surface area contributed by atoms with Crippen molar-refractivity contribution < 1.29 is 4.79 Å². The highest BCUT2D eigenvalue weighted by molar-refractivity contribution is 7.19. The number of fused-ring (bicyclic) bond motifs is 2.